The Morgan fingerprint density at radius 1 is 1.53 bits per heavy atom. The molecule has 0 aliphatic rings. The number of hydrogen-bond donors (Lipinski definition) is 1. The SMILES string of the molecule is CNCCC(=O)N(C)Cc1nc(C(F)(F)F)cs1.Cl. The lowest BCUT2D eigenvalue weighted by atomic mass is 10.3. The molecule has 1 N–H and O–H groups in total. The molecule has 1 heterocycles. The van der Waals surface area contributed by atoms with Gasteiger partial charge in [-0.1, -0.05) is 0 Å². The molecule has 0 radical (unpaired) electrons. The van der Waals surface area contributed by atoms with Crippen LogP contribution in [0.3, 0.4) is 0 Å². The third-order valence-corrected chi connectivity index (χ3v) is 3.06. The van der Waals surface area contributed by atoms with Crippen molar-refractivity contribution in [2.24, 2.45) is 0 Å². The Morgan fingerprint density at radius 3 is 2.63 bits per heavy atom. The minimum Gasteiger partial charge on any atom is -0.339 e. The molecule has 0 bridgehead atoms. The second kappa shape index (κ2) is 7.66. The maximum absolute atomic E-state index is 12.3. The van der Waals surface area contributed by atoms with Gasteiger partial charge in [-0.25, -0.2) is 4.98 Å². The van der Waals surface area contributed by atoms with E-state index in [0.717, 1.165) is 16.7 Å². The first kappa shape index (κ1) is 18.1. The van der Waals surface area contributed by atoms with Crippen molar-refractivity contribution in [3.05, 3.63) is 16.1 Å². The monoisotopic (exact) mass is 317 g/mol. The highest BCUT2D eigenvalue weighted by Gasteiger charge is 2.33. The van der Waals surface area contributed by atoms with Crippen molar-refractivity contribution in [2.75, 3.05) is 20.6 Å². The highest BCUT2D eigenvalue weighted by Crippen LogP contribution is 2.30. The molecule has 0 aliphatic heterocycles. The average molecular weight is 318 g/mol. The van der Waals surface area contributed by atoms with Gasteiger partial charge >= 0.3 is 6.18 Å². The van der Waals surface area contributed by atoms with E-state index in [4.69, 9.17) is 0 Å². The summed E-state index contributed by atoms with van der Waals surface area (Å²) in [5.41, 5.74) is -0.904. The van der Waals surface area contributed by atoms with Crippen molar-refractivity contribution in [3.8, 4) is 0 Å². The van der Waals surface area contributed by atoms with Gasteiger partial charge in [-0.3, -0.25) is 4.79 Å². The van der Waals surface area contributed by atoms with Crippen molar-refractivity contribution in [1.82, 2.24) is 15.2 Å². The normalized spacial score (nSPS) is 11.0. The summed E-state index contributed by atoms with van der Waals surface area (Å²) < 4.78 is 37.0. The Morgan fingerprint density at radius 2 is 2.16 bits per heavy atom. The number of halogens is 4. The number of rotatable bonds is 5. The van der Waals surface area contributed by atoms with Crippen LogP contribution in [0.1, 0.15) is 17.1 Å². The molecule has 0 saturated carbocycles. The van der Waals surface area contributed by atoms with Crippen molar-refractivity contribution in [1.29, 1.82) is 0 Å². The molecule has 1 aromatic rings. The summed E-state index contributed by atoms with van der Waals surface area (Å²) in [6.45, 7) is 0.637. The smallest absolute Gasteiger partial charge is 0.339 e. The third-order valence-electron chi connectivity index (χ3n) is 2.23. The van der Waals surface area contributed by atoms with Crippen LogP contribution in [-0.4, -0.2) is 36.4 Å². The van der Waals surface area contributed by atoms with Crippen LogP contribution in [0.4, 0.5) is 13.2 Å². The van der Waals surface area contributed by atoms with E-state index >= 15 is 0 Å². The molecule has 19 heavy (non-hydrogen) atoms. The molecule has 9 heteroatoms. The number of amides is 1. The molecule has 0 unspecified atom stereocenters. The predicted octanol–water partition coefficient (Wildman–Crippen LogP) is 2.15. The molecular weight excluding hydrogens is 303 g/mol. The summed E-state index contributed by atoms with van der Waals surface area (Å²) in [7, 11) is 3.27. The Kier molecular flexibility index (Phi) is 7.32. The summed E-state index contributed by atoms with van der Waals surface area (Å²) in [5, 5.41) is 4.07. The highest BCUT2D eigenvalue weighted by atomic mass is 35.5. The summed E-state index contributed by atoms with van der Waals surface area (Å²) in [6.07, 6.45) is -4.12. The summed E-state index contributed by atoms with van der Waals surface area (Å²) in [6, 6.07) is 0. The maximum atomic E-state index is 12.3. The van der Waals surface area contributed by atoms with Crippen molar-refractivity contribution >= 4 is 29.7 Å². The second-order valence-corrected chi connectivity index (χ2v) is 4.67. The molecule has 110 valence electrons. The molecular formula is C10H15ClF3N3OS. The first-order valence-corrected chi connectivity index (χ1v) is 6.12. The van der Waals surface area contributed by atoms with E-state index in [1.165, 1.54) is 4.90 Å². The average Bonchev–Trinajstić information content (AvgIpc) is 2.73. The number of nitrogens with zero attached hydrogens (tertiary/aromatic N) is 2. The molecule has 0 aliphatic carbocycles. The first-order valence-electron chi connectivity index (χ1n) is 5.24. The van der Waals surface area contributed by atoms with E-state index in [2.05, 4.69) is 10.3 Å². The summed E-state index contributed by atoms with van der Waals surface area (Å²) >= 11 is 0.905. The number of aromatic nitrogens is 1. The van der Waals surface area contributed by atoms with Gasteiger partial charge in [-0.15, -0.1) is 23.7 Å². The number of carbonyl (C=O) groups excluding carboxylic acids is 1. The zero-order chi connectivity index (χ0) is 13.8. The number of hydrogen-bond acceptors (Lipinski definition) is 4. The highest BCUT2D eigenvalue weighted by molar-refractivity contribution is 7.09. The fraction of sp³-hybridized carbons (Fsp3) is 0.600. The first-order chi connectivity index (χ1) is 8.34. The van der Waals surface area contributed by atoms with Gasteiger partial charge in [0.25, 0.3) is 0 Å². The molecule has 4 nitrogen and oxygen atoms in total. The van der Waals surface area contributed by atoms with E-state index in [9.17, 15) is 18.0 Å². The van der Waals surface area contributed by atoms with Crippen LogP contribution in [0.25, 0.3) is 0 Å². The number of carbonyl (C=O) groups is 1. The van der Waals surface area contributed by atoms with Crippen LogP contribution < -0.4 is 5.32 Å². The standard InChI is InChI=1S/C10H14F3N3OS.ClH/c1-14-4-3-9(17)16(2)5-8-15-7(6-18-8)10(11,12)13;/h6,14H,3-5H2,1-2H3;1H. The Bertz CT molecular complexity index is 411. The van der Waals surface area contributed by atoms with Gasteiger partial charge in [0, 0.05) is 25.4 Å². The van der Waals surface area contributed by atoms with Crippen LogP contribution in [0, 0.1) is 0 Å². The third kappa shape index (κ3) is 5.75. The largest absolute Gasteiger partial charge is 0.434 e. The molecule has 1 rings (SSSR count). The van der Waals surface area contributed by atoms with E-state index in [0.29, 0.717) is 13.0 Å². The van der Waals surface area contributed by atoms with Crippen LogP contribution in [-0.2, 0) is 17.5 Å². The molecule has 0 fully saturated rings. The molecule has 0 spiro atoms. The summed E-state index contributed by atoms with van der Waals surface area (Å²) in [4.78, 5) is 16.4. The number of thiazole rings is 1. The Labute approximate surface area is 119 Å². The number of nitrogens with one attached hydrogen (secondary N) is 1. The molecule has 0 saturated heterocycles. The van der Waals surface area contributed by atoms with E-state index in [-0.39, 0.29) is 29.9 Å². The molecule has 1 aromatic heterocycles. The second-order valence-electron chi connectivity index (χ2n) is 3.73. The minimum atomic E-state index is -4.43. The number of alkyl halides is 3. The van der Waals surface area contributed by atoms with E-state index in [1.54, 1.807) is 14.1 Å². The van der Waals surface area contributed by atoms with Gasteiger partial charge in [0.15, 0.2) is 5.69 Å². The van der Waals surface area contributed by atoms with Crippen LogP contribution in [0.5, 0.6) is 0 Å². The zero-order valence-electron chi connectivity index (χ0n) is 10.5. The quantitative estimate of drug-likeness (QED) is 0.905. The van der Waals surface area contributed by atoms with Gasteiger partial charge < -0.3 is 10.2 Å². The van der Waals surface area contributed by atoms with Crippen LogP contribution in [0.15, 0.2) is 5.38 Å². The Balaban J connectivity index is 0.00000324. The van der Waals surface area contributed by atoms with Gasteiger partial charge in [0.05, 0.1) is 6.54 Å². The van der Waals surface area contributed by atoms with Crippen molar-refractivity contribution < 1.29 is 18.0 Å². The van der Waals surface area contributed by atoms with Crippen molar-refractivity contribution in [2.45, 2.75) is 19.1 Å². The Hall–Kier alpha value is -0.860. The lowest BCUT2D eigenvalue weighted by Crippen LogP contribution is -2.28. The predicted molar refractivity (Wildman–Crippen MR) is 69.4 cm³/mol. The van der Waals surface area contributed by atoms with Gasteiger partial charge in [-0.05, 0) is 7.05 Å². The maximum Gasteiger partial charge on any atom is 0.434 e. The molecule has 0 aromatic carbocycles. The fourth-order valence-electron chi connectivity index (χ4n) is 1.23. The van der Waals surface area contributed by atoms with Crippen LogP contribution >= 0.6 is 23.7 Å². The van der Waals surface area contributed by atoms with Gasteiger partial charge in [0.1, 0.15) is 5.01 Å². The fourth-order valence-corrected chi connectivity index (χ4v) is 2.08. The zero-order valence-corrected chi connectivity index (χ0v) is 12.1. The van der Waals surface area contributed by atoms with Gasteiger partial charge in [0.2, 0.25) is 5.91 Å². The lowest BCUT2D eigenvalue weighted by molar-refractivity contribution is -0.140. The van der Waals surface area contributed by atoms with Gasteiger partial charge in [-0.2, -0.15) is 13.2 Å². The molecule has 0 atom stereocenters. The topological polar surface area (TPSA) is 45.2 Å². The summed E-state index contributed by atoms with van der Waals surface area (Å²) in [5.74, 6) is -0.131. The minimum absolute atomic E-state index is 0. The van der Waals surface area contributed by atoms with E-state index in [1.807, 2.05) is 0 Å². The van der Waals surface area contributed by atoms with Crippen LogP contribution in [0.2, 0.25) is 0 Å². The van der Waals surface area contributed by atoms with E-state index < -0.39 is 11.9 Å². The lowest BCUT2D eigenvalue weighted by Gasteiger charge is -2.15. The van der Waals surface area contributed by atoms with Crippen molar-refractivity contribution in [3.63, 3.8) is 0 Å². The molecule has 1 amide bonds.